The second-order valence-electron chi connectivity index (χ2n) is 2.98. The lowest BCUT2D eigenvalue weighted by Crippen LogP contribution is -2.50. The van der Waals surface area contributed by atoms with Gasteiger partial charge in [0.05, 0.1) is 11.7 Å². The number of ether oxygens (including phenoxy) is 1. The first-order valence-electron chi connectivity index (χ1n) is 3.58. The Kier molecular flexibility index (Phi) is 1.78. The van der Waals surface area contributed by atoms with Crippen molar-refractivity contribution < 1.29 is 4.74 Å². The van der Waals surface area contributed by atoms with Crippen molar-refractivity contribution in [3.8, 4) is 0 Å². The van der Waals surface area contributed by atoms with Gasteiger partial charge < -0.3 is 10.5 Å². The summed E-state index contributed by atoms with van der Waals surface area (Å²) < 4.78 is 5.50. The highest BCUT2D eigenvalue weighted by Gasteiger charge is 2.38. The SMILES string of the molecule is CCC1(C)CC(CN)O1. The molecule has 0 aromatic heterocycles. The van der Waals surface area contributed by atoms with E-state index in [9.17, 15) is 0 Å². The molecule has 0 aliphatic carbocycles. The zero-order valence-electron chi connectivity index (χ0n) is 6.18. The molecule has 54 valence electrons. The molecule has 1 aliphatic rings. The van der Waals surface area contributed by atoms with Crippen LogP contribution < -0.4 is 5.73 Å². The van der Waals surface area contributed by atoms with Crippen LogP contribution in [0.15, 0.2) is 0 Å². The summed E-state index contributed by atoms with van der Waals surface area (Å²) in [4.78, 5) is 0. The fourth-order valence-electron chi connectivity index (χ4n) is 1.23. The number of rotatable bonds is 2. The van der Waals surface area contributed by atoms with Gasteiger partial charge in [-0.15, -0.1) is 0 Å². The molecule has 1 heterocycles. The van der Waals surface area contributed by atoms with Gasteiger partial charge in [-0.25, -0.2) is 0 Å². The van der Waals surface area contributed by atoms with Crippen LogP contribution in [0.3, 0.4) is 0 Å². The molecule has 0 spiro atoms. The topological polar surface area (TPSA) is 35.2 Å². The lowest BCUT2D eigenvalue weighted by Gasteiger charge is -2.44. The number of hydrogen-bond acceptors (Lipinski definition) is 2. The largest absolute Gasteiger partial charge is 0.371 e. The zero-order valence-corrected chi connectivity index (χ0v) is 6.18. The van der Waals surface area contributed by atoms with E-state index in [1.807, 2.05) is 0 Å². The second-order valence-corrected chi connectivity index (χ2v) is 2.98. The minimum atomic E-state index is 0.157. The van der Waals surface area contributed by atoms with E-state index in [2.05, 4.69) is 13.8 Å². The summed E-state index contributed by atoms with van der Waals surface area (Å²) >= 11 is 0. The summed E-state index contributed by atoms with van der Waals surface area (Å²) in [5, 5.41) is 0. The lowest BCUT2D eigenvalue weighted by molar-refractivity contribution is -0.191. The Labute approximate surface area is 56.4 Å². The minimum Gasteiger partial charge on any atom is -0.371 e. The van der Waals surface area contributed by atoms with E-state index in [4.69, 9.17) is 10.5 Å². The van der Waals surface area contributed by atoms with Gasteiger partial charge in [0.15, 0.2) is 0 Å². The fourth-order valence-corrected chi connectivity index (χ4v) is 1.23. The van der Waals surface area contributed by atoms with Crippen LogP contribution in [0, 0.1) is 0 Å². The predicted octanol–water partition coefficient (Wildman–Crippen LogP) is 0.903. The second kappa shape index (κ2) is 2.27. The first kappa shape index (κ1) is 7.03. The van der Waals surface area contributed by atoms with Crippen molar-refractivity contribution in [3.05, 3.63) is 0 Å². The van der Waals surface area contributed by atoms with Crippen LogP contribution in [0.2, 0.25) is 0 Å². The maximum Gasteiger partial charge on any atom is 0.0732 e. The third kappa shape index (κ3) is 1.25. The van der Waals surface area contributed by atoms with Crippen LogP contribution in [0.1, 0.15) is 26.7 Å². The van der Waals surface area contributed by atoms with Gasteiger partial charge >= 0.3 is 0 Å². The maximum absolute atomic E-state index is 5.50. The number of nitrogens with two attached hydrogens (primary N) is 1. The van der Waals surface area contributed by atoms with Gasteiger partial charge in [-0.05, 0) is 13.3 Å². The molecule has 1 aliphatic heterocycles. The third-order valence-corrected chi connectivity index (χ3v) is 2.12. The van der Waals surface area contributed by atoms with Crippen LogP contribution in [-0.4, -0.2) is 18.2 Å². The molecule has 1 saturated heterocycles. The Morgan fingerprint density at radius 3 is 2.67 bits per heavy atom. The molecule has 0 radical (unpaired) electrons. The van der Waals surface area contributed by atoms with E-state index in [1.165, 1.54) is 0 Å². The Hall–Kier alpha value is -0.0800. The Morgan fingerprint density at radius 1 is 1.78 bits per heavy atom. The highest BCUT2D eigenvalue weighted by Crippen LogP contribution is 2.34. The van der Waals surface area contributed by atoms with Gasteiger partial charge in [0.1, 0.15) is 0 Å². The summed E-state index contributed by atoms with van der Waals surface area (Å²) in [6.45, 7) is 4.96. The Balaban J connectivity index is 2.24. The van der Waals surface area contributed by atoms with Crippen LogP contribution in [0.25, 0.3) is 0 Å². The molecule has 1 fully saturated rings. The fraction of sp³-hybridized carbons (Fsp3) is 1.00. The van der Waals surface area contributed by atoms with E-state index >= 15 is 0 Å². The van der Waals surface area contributed by atoms with Crippen molar-refractivity contribution in [2.75, 3.05) is 6.54 Å². The maximum atomic E-state index is 5.50. The third-order valence-electron chi connectivity index (χ3n) is 2.12. The molecule has 0 aromatic rings. The standard InChI is InChI=1S/C7H15NO/c1-3-7(2)4-6(5-8)9-7/h6H,3-5,8H2,1-2H3. The normalized spacial score (nSPS) is 42.3. The van der Waals surface area contributed by atoms with E-state index in [0.29, 0.717) is 12.6 Å². The molecule has 2 atom stereocenters. The first-order chi connectivity index (χ1) is 4.20. The van der Waals surface area contributed by atoms with Gasteiger partial charge in [0.25, 0.3) is 0 Å². The molecule has 0 amide bonds. The molecule has 1 rings (SSSR count). The average Bonchev–Trinajstić information content (AvgIpc) is 1.81. The summed E-state index contributed by atoms with van der Waals surface area (Å²) in [5.41, 5.74) is 5.54. The van der Waals surface area contributed by atoms with Crippen molar-refractivity contribution in [3.63, 3.8) is 0 Å². The van der Waals surface area contributed by atoms with Crippen molar-refractivity contribution in [1.29, 1.82) is 0 Å². The monoisotopic (exact) mass is 129 g/mol. The van der Waals surface area contributed by atoms with Crippen LogP contribution in [-0.2, 0) is 4.74 Å². The van der Waals surface area contributed by atoms with Crippen molar-refractivity contribution in [2.45, 2.75) is 38.4 Å². The van der Waals surface area contributed by atoms with E-state index in [-0.39, 0.29) is 5.60 Å². The number of hydrogen-bond donors (Lipinski definition) is 1. The van der Waals surface area contributed by atoms with Gasteiger partial charge in [0.2, 0.25) is 0 Å². The highest BCUT2D eigenvalue weighted by atomic mass is 16.5. The molecule has 0 bridgehead atoms. The van der Waals surface area contributed by atoms with Gasteiger partial charge in [-0.3, -0.25) is 0 Å². The summed E-state index contributed by atoms with van der Waals surface area (Å²) in [6, 6.07) is 0. The predicted molar refractivity (Wildman–Crippen MR) is 37.2 cm³/mol. The Bertz CT molecular complexity index is 97.1. The van der Waals surface area contributed by atoms with Gasteiger partial charge in [-0.2, -0.15) is 0 Å². The van der Waals surface area contributed by atoms with E-state index in [1.54, 1.807) is 0 Å². The molecule has 2 unspecified atom stereocenters. The molecule has 9 heavy (non-hydrogen) atoms. The van der Waals surface area contributed by atoms with Crippen molar-refractivity contribution >= 4 is 0 Å². The molecule has 2 heteroatoms. The molecular formula is C7H15NO. The van der Waals surface area contributed by atoms with Crippen LogP contribution >= 0.6 is 0 Å². The van der Waals surface area contributed by atoms with Gasteiger partial charge in [0, 0.05) is 13.0 Å². The molecule has 0 aromatic carbocycles. The molecule has 2 N–H and O–H groups in total. The summed E-state index contributed by atoms with van der Waals surface area (Å²) in [5.74, 6) is 0. The quantitative estimate of drug-likeness (QED) is 0.601. The minimum absolute atomic E-state index is 0.157. The Morgan fingerprint density at radius 2 is 2.33 bits per heavy atom. The van der Waals surface area contributed by atoms with Crippen molar-refractivity contribution in [1.82, 2.24) is 0 Å². The zero-order chi connectivity index (χ0) is 6.91. The van der Waals surface area contributed by atoms with Crippen LogP contribution in [0.4, 0.5) is 0 Å². The van der Waals surface area contributed by atoms with Crippen LogP contribution in [0.5, 0.6) is 0 Å². The lowest BCUT2D eigenvalue weighted by atomic mass is 9.89. The summed E-state index contributed by atoms with van der Waals surface area (Å²) in [6.07, 6.45) is 2.58. The van der Waals surface area contributed by atoms with E-state index in [0.717, 1.165) is 12.8 Å². The molecule has 0 saturated carbocycles. The molecular weight excluding hydrogens is 114 g/mol. The van der Waals surface area contributed by atoms with E-state index < -0.39 is 0 Å². The van der Waals surface area contributed by atoms with Gasteiger partial charge in [-0.1, -0.05) is 6.92 Å². The van der Waals surface area contributed by atoms with Crippen molar-refractivity contribution in [2.24, 2.45) is 5.73 Å². The average molecular weight is 129 g/mol. The first-order valence-corrected chi connectivity index (χ1v) is 3.58. The summed E-state index contributed by atoms with van der Waals surface area (Å²) in [7, 11) is 0. The molecule has 2 nitrogen and oxygen atoms in total. The highest BCUT2D eigenvalue weighted by molar-refractivity contribution is 4.88. The smallest absolute Gasteiger partial charge is 0.0732 e.